The monoisotopic (exact) mass is 489 g/mol. The Kier molecular flexibility index (Phi) is 6.68. The molecule has 7 nitrogen and oxygen atoms in total. The maximum atomic E-state index is 13.5. The molecule has 5 rings (SSSR count). The van der Waals surface area contributed by atoms with Crippen molar-refractivity contribution in [2.24, 2.45) is 0 Å². The Bertz CT molecular complexity index is 1410. The first-order valence-electron chi connectivity index (χ1n) is 11.5. The van der Waals surface area contributed by atoms with E-state index < -0.39 is 17.0 Å². The molecule has 1 amide bonds. The highest BCUT2D eigenvalue weighted by molar-refractivity contribution is 7.83. The van der Waals surface area contributed by atoms with E-state index in [9.17, 15) is 14.1 Å². The van der Waals surface area contributed by atoms with Crippen molar-refractivity contribution in [1.29, 1.82) is 0 Å². The van der Waals surface area contributed by atoms with Gasteiger partial charge < -0.3 is 20.1 Å². The number of carbonyl (C=O) groups excluding carboxylic acids is 1. The van der Waals surface area contributed by atoms with Crippen LogP contribution in [0.25, 0.3) is 22.0 Å². The molecule has 1 aliphatic heterocycles. The third kappa shape index (κ3) is 5.00. The Balaban J connectivity index is 1.42. The average Bonchev–Trinajstić information content (AvgIpc) is 3.50. The number of aromatic amines is 1. The van der Waals surface area contributed by atoms with Crippen LogP contribution < -0.4 is 14.8 Å². The van der Waals surface area contributed by atoms with E-state index in [1.165, 1.54) is 6.92 Å². The second kappa shape index (κ2) is 10.0. The molecule has 3 aromatic carbocycles. The zero-order valence-electron chi connectivity index (χ0n) is 19.3. The zero-order valence-corrected chi connectivity index (χ0v) is 20.2. The second-order valence-corrected chi connectivity index (χ2v) is 9.87. The lowest BCUT2D eigenvalue weighted by molar-refractivity contribution is -0.114. The summed E-state index contributed by atoms with van der Waals surface area (Å²) in [6.45, 7) is 1.85. The van der Waals surface area contributed by atoms with Gasteiger partial charge >= 0.3 is 0 Å². The molecule has 1 unspecified atom stereocenters. The summed E-state index contributed by atoms with van der Waals surface area (Å²) in [5.41, 5.74) is 5.57. The van der Waals surface area contributed by atoms with Crippen LogP contribution in [0.2, 0.25) is 0 Å². The van der Waals surface area contributed by atoms with Crippen LogP contribution >= 0.6 is 0 Å². The number of aliphatic hydroxyl groups excluding tert-OH is 1. The van der Waals surface area contributed by atoms with Crippen LogP contribution in [0.5, 0.6) is 5.75 Å². The summed E-state index contributed by atoms with van der Waals surface area (Å²) < 4.78 is 22.4. The largest absolute Gasteiger partial charge is 0.492 e. The van der Waals surface area contributed by atoms with E-state index >= 15 is 0 Å². The molecule has 2 heterocycles. The highest BCUT2D eigenvalue weighted by atomic mass is 32.2. The molecule has 1 aliphatic rings. The van der Waals surface area contributed by atoms with Crippen LogP contribution in [0.1, 0.15) is 18.1 Å². The summed E-state index contributed by atoms with van der Waals surface area (Å²) in [5, 5.41) is 13.9. The first-order valence-corrected chi connectivity index (χ1v) is 12.7. The fourth-order valence-corrected chi connectivity index (χ4v) is 5.66. The highest BCUT2D eigenvalue weighted by Crippen LogP contribution is 2.37. The van der Waals surface area contributed by atoms with Crippen molar-refractivity contribution in [3.05, 3.63) is 78.0 Å². The molecule has 0 saturated heterocycles. The number of rotatable bonds is 8. The van der Waals surface area contributed by atoms with Crippen molar-refractivity contribution in [2.45, 2.75) is 30.7 Å². The van der Waals surface area contributed by atoms with Crippen molar-refractivity contribution in [1.82, 2.24) is 9.71 Å². The van der Waals surface area contributed by atoms with Gasteiger partial charge in [-0.15, -0.1) is 0 Å². The molecule has 0 bridgehead atoms. The summed E-state index contributed by atoms with van der Waals surface area (Å²) in [6.07, 6.45) is 3.19. The molecule has 4 N–H and O–H groups in total. The lowest BCUT2D eigenvalue weighted by atomic mass is 10.0. The molecule has 8 heteroatoms. The first kappa shape index (κ1) is 23.3. The summed E-state index contributed by atoms with van der Waals surface area (Å²) in [6, 6.07) is 19.1. The zero-order chi connectivity index (χ0) is 24.4. The van der Waals surface area contributed by atoms with E-state index in [1.54, 1.807) is 0 Å². The molecular formula is C27H27N3O4S. The molecule has 0 aliphatic carbocycles. The number of hydrogen-bond acceptors (Lipinski definition) is 4. The summed E-state index contributed by atoms with van der Waals surface area (Å²) in [7, 11) is -1.60. The fraction of sp³-hybridized carbons (Fsp3) is 0.222. The SMILES string of the molecule is CC(=O)Nc1cccc(-c2cc3c(c(S(=O)N[C@@H](CO)Cc4c[nH]c5ccccc45)c2)OCC3)c1. The Hall–Kier alpha value is -3.46. The maximum Gasteiger partial charge on any atom is 0.221 e. The first-order chi connectivity index (χ1) is 17.0. The molecule has 35 heavy (non-hydrogen) atoms. The standard InChI is InChI=1S/C27H27N3O4S/c1-17(32)29-22-6-4-5-18(12-22)20-11-19-9-10-34-27(19)26(14-20)35(33)30-23(16-31)13-21-15-28-25-8-3-2-7-24(21)25/h2-8,11-12,14-15,23,28,30-31H,9-10,13,16H2,1H3,(H,29,32)/t23-,35?/m1/s1. The molecule has 2 atom stereocenters. The third-order valence-corrected chi connectivity index (χ3v) is 7.35. The van der Waals surface area contributed by atoms with Gasteiger partial charge in [0, 0.05) is 42.2 Å². The summed E-state index contributed by atoms with van der Waals surface area (Å²) in [4.78, 5) is 15.3. The van der Waals surface area contributed by atoms with Crippen molar-refractivity contribution in [3.8, 4) is 16.9 Å². The predicted octanol–water partition coefficient (Wildman–Crippen LogP) is 3.94. The lowest BCUT2D eigenvalue weighted by Gasteiger charge is -2.17. The van der Waals surface area contributed by atoms with E-state index in [4.69, 9.17) is 4.74 Å². The topological polar surface area (TPSA) is 103 Å². The van der Waals surface area contributed by atoms with E-state index in [0.29, 0.717) is 29.4 Å². The van der Waals surface area contributed by atoms with Crippen molar-refractivity contribution >= 4 is 33.5 Å². The second-order valence-electron chi connectivity index (χ2n) is 8.65. The number of para-hydroxylation sites is 1. The molecule has 0 spiro atoms. The van der Waals surface area contributed by atoms with Gasteiger partial charge in [-0.1, -0.05) is 30.3 Å². The van der Waals surface area contributed by atoms with Gasteiger partial charge in [-0.05, 0) is 59.0 Å². The minimum atomic E-state index is -1.60. The Morgan fingerprint density at radius 3 is 2.83 bits per heavy atom. The predicted molar refractivity (Wildman–Crippen MR) is 138 cm³/mol. The Morgan fingerprint density at radius 2 is 2.00 bits per heavy atom. The number of aromatic nitrogens is 1. The van der Waals surface area contributed by atoms with Gasteiger partial charge in [-0.2, -0.15) is 0 Å². The number of hydrogen-bond donors (Lipinski definition) is 4. The molecule has 4 aromatic rings. The molecule has 180 valence electrons. The maximum absolute atomic E-state index is 13.5. The number of ether oxygens (including phenoxy) is 1. The van der Waals surface area contributed by atoms with Gasteiger partial charge in [0.05, 0.1) is 18.1 Å². The summed E-state index contributed by atoms with van der Waals surface area (Å²) in [5.74, 6) is 0.502. The van der Waals surface area contributed by atoms with Crippen LogP contribution in [0.4, 0.5) is 5.69 Å². The van der Waals surface area contributed by atoms with Crippen molar-refractivity contribution < 1.29 is 18.8 Å². The van der Waals surface area contributed by atoms with E-state index in [-0.39, 0.29) is 12.5 Å². The number of aliphatic hydroxyl groups is 1. The minimum absolute atomic E-state index is 0.138. The van der Waals surface area contributed by atoms with Crippen LogP contribution in [0, 0.1) is 0 Å². The number of carbonyl (C=O) groups is 1. The van der Waals surface area contributed by atoms with Crippen LogP contribution in [0.3, 0.4) is 0 Å². The lowest BCUT2D eigenvalue weighted by Crippen LogP contribution is -2.36. The van der Waals surface area contributed by atoms with E-state index in [0.717, 1.165) is 39.6 Å². The van der Waals surface area contributed by atoms with Gasteiger partial charge in [0.1, 0.15) is 16.7 Å². The van der Waals surface area contributed by atoms with Gasteiger partial charge in [0.15, 0.2) is 0 Å². The molecule has 0 radical (unpaired) electrons. The smallest absolute Gasteiger partial charge is 0.221 e. The minimum Gasteiger partial charge on any atom is -0.492 e. The number of fused-ring (bicyclic) bond motifs is 2. The molecular weight excluding hydrogens is 462 g/mol. The van der Waals surface area contributed by atoms with Gasteiger partial charge in [0.25, 0.3) is 0 Å². The number of H-pyrrole nitrogens is 1. The van der Waals surface area contributed by atoms with Crippen LogP contribution in [0.15, 0.2) is 71.8 Å². The number of anilines is 1. The molecule has 0 fully saturated rings. The number of benzene rings is 3. The number of amides is 1. The van der Waals surface area contributed by atoms with Crippen molar-refractivity contribution in [2.75, 3.05) is 18.5 Å². The Morgan fingerprint density at radius 1 is 1.14 bits per heavy atom. The number of nitrogens with one attached hydrogen (secondary N) is 3. The third-order valence-electron chi connectivity index (χ3n) is 6.10. The van der Waals surface area contributed by atoms with Gasteiger partial charge in [-0.3, -0.25) is 4.79 Å². The fourth-order valence-electron chi connectivity index (χ4n) is 4.48. The quantitative estimate of drug-likeness (QED) is 0.301. The van der Waals surface area contributed by atoms with Crippen LogP contribution in [-0.4, -0.2) is 39.5 Å². The summed E-state index contributed by atoms with van der Waals surface area (Å²) >= 11 is 0. The molecule has 1 aromatic heterocycles. The van der Waals surface area contributed by atoms with Crippen LogP contribution in [-0.2, 0) is 28.6 Å². The van der Waals surface area contributed by atoms with Crippen molar-refractivity contribution in [3.63, 3.8) is 0 Å². The van der Waals surface area contributed by atoms with E-state index in [1.807, 2.05) is 66.9 Å². The van der Waals surface area contributed by atoms with E-state index in [2.05, 4.69) is 15.0 Å². The van der Waals surface area contributed by atoms with Gasteiger partial charge in [0.2, 0.25) is 5.91 Å². The normalized spacial score (nSPS) is 14.3. The highest BCUT2D eigenvalue weighted by Gasteiger charge is 2.24. The Labute approximate surface area is 206 Å². The average molecular weight is 490 g/mol. The molecule has 0 saturated carbocycles. The van der Waals surface area contributed by atoms with Gasteiger partial charge in [-0.25, -0.2) is 8.93 Å².